The molecule has 1 fully saturated rings. The molecule has 1 aliphatic heterocycles. The highest BCUT2D eigenvalue weighted by atomic mass is 32.2. The summed E-state index contributed by atoms with van der Waals surface area (Å²) in [6.45, 7) is 2.23. The fourth-order valence-corrected chi connectivity index (χ4v) is 2.16. The van der Waals surface area contributed by atoms with Gasteiger partial charge in [-0.05, 0) is 6.42 Å². The topological polar surface area (TPSA) is 101 Å². The maximum atomic E-state index is 10.9. The predicted octanol–water partition coefficient (Wildman–Crippen LogP) is -2.19. The first-order valence-electron chi connectivity index (χ1n) is 4.25. The predicted molar refractivity (Wildman–Crippen MR) is 50.1 cm³/mol. The molecule has 78 valence electrons. The quantitative estimate of drug-likeness (QED) is 0.488. The third-order valence-electron chi connectivity index (χ3n) is 2.09. The van der Waals surface area contributed by atoms with Crippen LogP contribution in [0.4, 0.5) is 0 Å². The van der Waals surface area contributed by atoms with E-state index in [0.29, 0.717) is 26.2 Å². The first-order valence-corrected chi connectivity index (χ1v) is 5.75. The number of rotatable bonds is 4. The zero-order chi connectivity index (χ0) is 9.90. The molecule has 1 aliphatic rings. The van der Waals surface area contributed by atoms with Crippen molar-refractivity contribution in [2.24, 2.45) is 10.9 Å². The summed E-state index contributed by atoms with van der Waals surface area (Å²) in [6, 6.07) is 0.196. The summed E-state index contributed by atoms with van der Waals surface area (Å²) in [5.41, 5.74) is 5.31. The lowest BCUT2D eigenvalue weighted by Gasteiger charge is -2.13. The van der Waals surface area contributed by atoms with Gasteiger partial charge in [-0.2, -0.15) is 12.7 Å². The number of nitrogens with two attached hydrogens (primary N) is 2. The third-order valence-corrected chi connectivity index (χ3v) is 3.14. The molecule has 7 heteroatoms. The molecule has 0 radical (unpaired) electrons. The highest BCUT2D eigenvalue weighted by Gasteiger charge is 2.28. The Labute approximate surface area is 78.4 Å². The van der Waals surface area contributed by atoms with Crippen molar-refractivity contribution in [1.29, 1.82) is 0 Å². The fourth-order valence-electron chi connectivity index (χ4n) is 1.41. The normalized spacial score (nSPS) is 25.2. The van der Waals surface area contributed by atoms with Gasteiger partial charge in [-0.1, -0.05) is 0 Å². The van der Waals surface area contributed by atoms with Gasteiger partial charge < -0.3 is 11.1 Å². The summed E-state index contributed by atoms with van der Waals surface area (Å²) < 4.78 is 23.1. The van der Waals surface area contributed by atoms with Crippen LogP contribution >= 0.6 is 0 Å². The van der Waals surface area contributed by atoms with Crippen LogP contribution in [0, 0.1) is 0 Å². The van der Waals surface area contributed by atoms with E-state index >= 15 is 0 Å². The first-order chi connectivity index (χ1) is 6.04. The number of nitrogens with zero attached hydrogens (tertiary/aromatic N) is 1. The molecular formula is C6H16N4O2S. The molecule has 0 spiro atoms. The maximum Gasteiger partial charge on any atom is 0.276 e. The lowest BCUT2D eigenvalue weighted by Crippen LogP contribution is -2.39. The van der Waals surface area contributed by atoms with E-state index in [1.807, 2.05) is 0 Å². The summed E-state index contributed by atoms with van der Waals surface area (Å²) in [6.07, 6.45) is 0.802. The minimum absolute atomic E-state index is 0.196. The molecule has 0 aromatic heterocycles. The Kier molecular flexibility index (Phi) is 3.63. The van der Waals surface area contributed by atoms with Crippen molar-refractivity contribution in [2.75, 3.05) is 26.2 Å². The third kappa shape index (κ3) is 3.20. The van der Waals surface area contributed by atoms with E-state index in [0.717, 1.165) is 6.42 Å². The molecule has 0 aromatic carbocycles. The van der Waals surface area contributed by atoms with Crippen molar-refractivity contribution in [2.45, 2.75) is 12.5 Å². The van der Waals surface area contributed by atoms with Gasteiger partial charge in [-0.25, -0.2) is 5.14 Å². The largest absolute Gasteiger partial charge is 0.329 e. The van der Waals surface area contributed by atoms with E-state index in [2.05, 4.69) is 5.32 Å². The lowest BCUT2D eigenvalue weighted by atomic mass is 10.3. The summed E-state index contributed by atoms with van der Waals surface area (Å²) in [7, 11) is -3.50. The van der Waals surface area contributed by atoms with Crippen LogP contribution in [-0.2, 0) is 10.2 Å². The van der Waals surface area contributed by atoms with E-state index in [4.69, 9.17) is 10.9 Å². The van der Waals surface area contributed by atoms with Crippen LogP contribution in [0.5, 0.6) is 0 Å². The van der Waals surface area contributed by atoms with Gasteiger partial charge in [0.1, 0.15) is 0 Å². The highest BCUT2D eigenvalue weighted by Crippen LogP contribution is 2.10. The molecule has 0 aromatic rings. The van der Waals surface area contributed by atoms with Gasteiger partial charge in [0.25, 0.3) is 10.2 Å². The second-order valence-electron chi connectivity index (χ2n) is 3.13. The van der Waals surface area contributed by atoms with Gasteiger partial charge in [0.05, 0.1) is 0 Å². The van der Waals surface area contributed by atoms with E-state index in [9.17, 15) is 8.42 Å². The molecule has 0 amide bonds. The standard InChI is InChI=1S/C6H16N4O2S/c7-2-3-9-6-1-4-10(5-6)13(8,11)12/h6,9H,1-5,7H2,(H2,8,11,12). The second kappa shape index (κ2) is 4.34. The zero-order valence-electron chi connectivity index (χ0n) is 7.44. The molecular weight excluding hydrogens is 192 g/mol. The Bertz CT molecular complexity index is 253. The van der Waals surface area contributed by atoms with Gasteiger partial charge in [0, 0.05) is 32.2 Å². The molecule has 1 heterocycles. The van der Waals surface area contributed by atoms with E-state index in [1.165, 1.54) is 4.31 Å². The molecule has 0 saturated carbocycles. The molecule has 1 saturated heterocycles. The van der Waals surface area contributed by atoms with Gasteiger partial charge in [-0.15, -0.1) is 0 Å². The van der Waals surface area contributed by atoms with E-state index in [-0.39, 0.29) is 6.04 Å². The smallest absolute Gasteiger partial charge is 0.276 e. The van der Waals surface area contributed by atoms with Crippen LogP contribution < -0.4 is 16.2 Å². The molecule has 0 aliphatic carbocycles. The Hall–Kier alpha value is -0.210. The Morgan fingerprint density at radius 2 is 2.23 bits per heavy atom. The van der Waals surface area contributed by atoms with Gasteiger partial charge in [-0.3, -0.25) is 0 Å². The highest BCUT2D eigenvalue weighted by molar-refractivity contribution is 7.86. The van der Waals surface area contributed by atoms with Crippen molar-refractivity contribution < 1.29 is 8.42 Å². The van der Waals surface area contributed by atoms with Crippen LogP contribution in [0.25, 0.3) is 0 Å². The Morgan fingerprint density at radius 3 is 2.69 bits per heavy atom. The van der Waals surface area contributed by atoms with Crippen LogP contribution in [-0.4, -0.2) is 44.9 Å². The lowest BCUT2D eigenvalue weighted by molar-refractivity contribution is 0.459. The molecule has 1 unspecified atom stereocenters. The van der Waals surface area contributed by atoms with Crippen LogP contribution in [0.2, 0.25) is 0 Å². The average Bonchev–Trinajstić information content (AvgIpc) is 2.47. The Balaban J connectivity index is 2.37. The molecule has 1 atom stereocenters. The Morgan fingerprint density at radius 1 is 1.54 bits per heavy atom. The minimum Gasteiger partial charge on any atom is -0.329 e. The first kappa shape index (κ1) is 10.9. The van der Waals surface area contributed by atoms with Gasteiger partial charge >= 0.3 is 0 Å². The van der Waals surface area contributed by atoms with Crippen molar-refractivity contribution >= 4 is 10.2 Å². The zero-order valence-corrected chi connectivity index (χ0v) is 8.26. The SMILES string of the molecule is NCCNC1CCN(S(N)(=O)=O)C1. The van der Waals surface area contributed by atoms with E-state index in [1.54, 1.807) is 0 Å². The average molecular weight is 208 g/mol. The number of hydrogen-bond acceptors (Lipinski definition) is 4. The molecule has 6 nitrogen and oxygen atoms in total. The maximum absolute atomic E-state index is 10.9. The van der Waals surface area contributed by atoms with Gasteiger partial charge in [0.2, 0.25) is 0 Å². The molecule has 0 bridgehead atoms. The van der Waals surface area contributed by atoms with Crippen molar-refractivity contribution in [3.05, 3.63) is 0 Å². The van der Waals surface area contributed by atoms with Crippen molar-refractivity contribution in [1.82, 2.24) is 9.62 Å². The molecule has 5 N–H and O–H groups in total. The van der Waals surface area contributed by atoms with Crippen molar-refractivity contribution in [3.63, 3.8) is 0 Å². The second-order valence-corrected chi connectivity index (χ2v) is 4.68. The summed E-state index contributed by atoms with van der Waals surface area (Å²) in [5, 5.41) is 8.12. The van der Waals surface area contributed by atoms with Crippen LogP contribution in [0.15, 0.2) is 0 Å². The fraction of sp³-hybridized carbons (Fsp3) is 1.00. The van der Waals surface area contributed by atoms with Crippen LogP contribution in [0.3, 0.4) is 0 Å². The molecule has 1 rings (SSSR count). The van der Waals surface area contributed by atoms with Crippen molar-refractivity contribution in [3.8, 4) is 0 Å². The monoisotopic (exact) mass is 208 g/mol. The number of hydrogen-bond donors (Lipinski definition) is 3. The van der Waals surface area contributed by atoms with E-state index < -0.39 is 10.2 Å². The summed E-state index contributed by atoms with van der Waals surface area (Å²) in [5.74, 6) is 0. The molecule has 13 heavy (non-hydrogen) atoms. The van der Waals surface area contributed by atoms with Crippen LogP contribution in [0.1, 0.15) is 6.42 Å². The summed E-state index contributed by atoms with van der Waals surface area (Å²) in [4.78, 5) is 0. The van der Waals surface area contributed by atoms with Gasteiger partial charge in [0.15, 0.2) is 0 Å². The minimum atomic E-state index is -3.50. The summed E-state index contributed by atoms with van der Waals surface area (Å²) >= 11 is 0. The number of nitrogens with one attached hydrogen (secondary N) is 1.